The van der Waals surface area contributed by atoms with Gasteiger partial charge in [-0.25, -0.2) is 4.68 Å². The van der Waals surface area contributed by atoms with Crippen molar-refractivity contribution in [1.82, 2.24) is 24.6 Å². The summed E-state index contributed by atoms with van der Waals surface area (Å²) in [7, 11) is 0. The van der Waals surface area contributed by atoms with E-state index in [1.165, 1.54) is 0 Å². The van der Waals surface area contributed by atoms with Gasteiger partial charge < -0.3 is 4.90 Å². The van der Waals surface area contributed by atoms with Crippen LogP contribution in [-0.4, -0.2) is 56.7 Å². The fourth-order valence-corrected chi connectivity index (χ4v) is 3.73. The predicted octanol–water partition coefficient (Wildman–Crippen LogP) is 3.30. The van der Waals surface area contributed by atoms with E-state index >= 15 is 0 Å². The molecule has 1 aliphatic rings. The van der Waals surface area contributed by atoms with Crippen LogP contribution in [0.1, 0.15) is 21.7 Å². The van der Waals surface area contributed by atoms with Gasteiger partial charge in [0.1, 0.15) is 0 Å². The number of nitrogens with zero attached hydrogens (tertiary/aromatic N) is 5. The topological polar surface area (TPSA) is 54.3 Å². The normalized spacial score (nSPS) is 15.0. The molecule has 1 amide bonds. The van der Waals surface area contributed by atoms with Gasteiger partial charge >= 0.3 is 0 Å². The molecule has 1 aromatic carbocycles. The maximum absolute atomic E-state index is 13.0. The first-order chi connectivity index (χ1) is 13.6. The lowest BCUT2D eigenvalue weighted by molar-refractivity contribution is 0.0626. The van der Waals surface area contributed by atoms with Gasteiger partial charge in [-0.3, -0.25) is 14.7 Å². The van der Waals surface area contributed by atoms with Gasteiger partial charge in [-0.1, -0.05) is 22.0 Å². The summed E-state index contributed by atoms with van der Waals surface area (Å²) in [6.45, 7) is 5.90. The molecule has 1 saturated heterocycles. The Morgan fingerprint density at radius 1 is 1.07 bits per heavy atom. The average molecular weight is 440 g/mol. The molecular weight excluding hydrogens is 418 g/mol. The Morgan fingerprint density at radius 3 is 2.50 bits per heavy atom. The second-order valence-corrected chi connectivity index (χ2v) is 7.84. The first-order valence-corrected chi connectivity index (χ1v) is 10.1. The van der Waals surface area contributed by atoms with Crippen LogP contribution in [0.5, 0.6) is 0 Å². The maximum Gasteiger partial charge on any atom is 0.257 e. The zero-order valence-electron chi connectivity index (χ0n) is 15.8. The van der Waals surface area contributed by atoms with Crippen molar-refractivity contribution in [2.24, 2.45) is 0 Å². The van der Waals surface area contributed by atoms with E-state index in [0.717, 1.165) is 41.2 Å². The third kappa shape index (κ3) is 4.00. The van der Waals surface area contributed by atoms with Gasteiger partial charge in [0, 0.05) is 43.4 Å². The first-order valence-electron chi connectivity index (χ1n) is 9.34. The van der Waals surface area contributed by atoms with Crippen LogP contribution < -0.4 is 0 Å². The fourth-order valence-electron chi connectivity index (χ4n) is 3.46. The Bertz CT molecular complexity index is 947. The van der Waals surface area contributed by atoms with E-state index in [1.54, 1.807) is 6.20 Å². The Kier molecular flexibility index (Phi) is 5.54. The standard InChI is InChI=1S/C21H22BrN5O/c1-16-20(14-24-27(16)19-7-5-17(22)6-8-19)21(28)26-12-10-25(11-13-26)15-18-4-2-3-9-23-18/h2-9,14H,10-13,15H2,1H3. The Hall–Kier alpha value is -2.51. The molecule has 4 rings (SSSR count). The summed E-state index contributed by atoms with van der Waals surface area (Å²) in [5.41, 5.74) is 3.54. The van der Waals surface area contributed by atoms with Crippen molar-refractivity contribution in [2.75, 3.05) is 26.2 Å². The molecule has 0 spiro atoms. The van der Waals surface area contributed by atoms with Crippen LogP contribution in [0.3, 0.4) is 0 Å². The Labute approximate surface area is 172 Å². The molecule has 3 aromatic rings. The van der Waals surface area contributed by atoms with Gasteiger partial charge in [-0.05, 0) is 43.3 Å². The molecule has 0 aliphatic carbocycles. The number of aromatic nitrogens is 3. The van der Waals surface area contributed by atoms with Crippen molar-refractivity contribution >= 4 is 21.8 Å². The highest BCUT2D eigenvalue weighted by atomic mass is 79.9. The SMILES string of the molecule is Cc1c(C(=O)N2CCN(Cc3ccccn3)CC2)cnn1-c1ccc(Br)cc1. The van der Waals surface area contributed by atoms with Gasteiger partial charge in [-0.2, -0.15) is 5.10 Å². The lowest BCUT2D eigenvalue weighted by Crippen LogP contribution is -2.48. The molecule has 0 saturated carbocycles. The molecule has 3 heterocycles. The smallest absolute Gasteiger partial charge is 0.257 e. The van der Waals surface area contributed by atoms with Crippen LogP contribution in [0.25, 0.3) is 5.69 Å². The summed E-state index contributed by atoms with van der Waals surface area (Å²) in [5, 5.41) is 4.44. The van der Waals surface area contributed by atoms with E-state index in [4.69, 9.17) is 0 Å². The molecule has 0 bridgehead atoms. The van der Waals surface area contributed by atoms with Gasteiger partial charge in [0.05, 0.1) is 28.8 Å². The van der Waals surface area contributed by atoms with Gasteiger partial charge in [-0.15, -0.1) is 0 Å². The number of benzene rings is 1. The van der Waals surface area contributed by atoms with Crippen LogP contribution in [-0.2, 0) is 6.54 Å². The van der Waals surface area contributed by atoms with E-state index < -0.39 is 0 Å². The van der Waals surface area contributed by atoms with Crippen molar-refractivity contribution < 1.29 is 4.79 Å². The minimum atomic E-state index is 0.0540. The third-order valence-corrected chi connectivity index (χ3v) is 5.61. The van der Waals surface area contributed by atoms with Crippen molar-refractivity contribution in [2.45, 2.75) is 13.5 Å². The second kappa shape index (κ2) is 8.24. The summed E-state index contributed by atoms with van der Waals surface area (Å²) < 4.78 is 2.83. The Balaban J connectivity index is 1.41. The highest BCUT2D eigenvalue weighted by Gasteiger charge is 2.25. The number of hydrogen-bond acceptors (Lipinski definition) is 4. The number of halogens is 1. The lowest BCUT2D eigenvalue weighted by Gasteiger charge is -2.34. The minimum Gasteiger partial charge on any atom is -0.336 e. The van der Waals surface area contributed by atoms with Crippen molar-refractivity contribution in [3.63, 3.8) is 0 Å². The number of hydrogen-bond donors (Lipinski definition) is 0. The van der Waals surface area contributed by atoms with E-state index in [9.17, 15) is 4.79 Å². The monoisotopic (exact) mass is 439 g/mol. The van der Waals surface area contributed by atoms with Crippen LogP contribution in [0.15, 0.2) is 59.3 Å². The molecule has 1 aliphatic heterocycles. The number of pyridine rings is 1. The van der Waals surface area contributed by atoms with Crippen LogP contribution in [0, 0.1) is 6.92 Å². The molecule has 2 aromatic heterocycles. The molecule has 0 atom stereocenters. The van der Waals surface area contributed by atoms with Crippen LogP contribution >= 0.6 is 15.9 Å². The number of amides is 1. The summed E-state index contributed by atoms with van der Waals surface area (Å²) in [6, 6.07) is 13.9. The largest absolute Gasteiger partial charge is 0.336 e. The molecular formula is C21H22BrN5O. The summed E-state index contributed by atoms with van der Waals surface area (Å²) in [4.78, 5) is 21.7. The summed E-state index contributed by atoms with van der Waals surface area (Å²) >= 11 is 3.44. The lowest BCUT2D eigenvalue weighted by atomic mass is 10.2. The van der Waals surface area contributed by atoms with Gasteiger partial charge in [0.25, 0.3) is 5.91 Å². The molecule has 6 nitrogen and oxygen atoms in total. The first kappa shape index (κ1) is 18.8. The number of carbonyl (C=O) groups is 1. The fraction of sp³-hybridized carbons (Fsp3) is 0.286. The summed E-state index contributed by atoms with van der Waals surface area (Å²) in [6.07, 6.45) is 3.50. The van der Waals surface area contributed by atoms with E-state index in [2.05, 4.69) is 30.9 Å². The quantitative estimate of drug-likeness (QED) is 0.625. The highest BCUT2D eigenvalue weighted by Crippen LogP contribution is 2.19. The average Bonchev–Trinajstić information content (AvgIpc) is 3.11. The predicted molar refractivity (Wildman–Crippen MR) is 111 cm³/mol. The van der Waals surface area contributed by atoms with Crippen molar-refractivity contribution in [3.05, 3.63) is 76.3 Å². The van der Waals surface area contributed by atoms with Crippen LogP contribution in [0.2, 0.25) is 0 Å². The van der Waals surface area contributed by atoms with Crippen molar-refractivity contribution in [3.8, 4) is 5.69 Å². The second-order valence-electron chi connectivity index (χ2n) is 6.92. The van der Waals surface area contributed by atoms with E-state index in [0.29, 0.717) is 18.7 Å². The molecule has 0 radical (unpaired) electrons. The molecule has 0 N–H and O–H groups in total. The minimum absolute atomic E-state index is 0.0540. The third-order valence-electron chi connectivity index (χ3n) is 5.08. The van der Waals surface area contributed by atoms with E-state index in [-0.39, 0.29) is 5.91 Å². The number of piperazine rings is 1. The van der Waals surface area contributed by atoms with Crippen LogP contribution in [0.4, 0.5) is 0 Å². The van der Waals surface area contributed by atoms with Gasteiger partial charge in [0.15, 0.2) is 0 Å². The van der Waals surface area contributed by atoms with Crippen molar-refractivity contribution in [1.29, 1.82) is 0 Å². The zero-order valence-corrected chi connectivity index (χ0v) is 17.3. The highest BCUT2D eigenvalue weighted by molar-refractivity contribution is 9.10. The Morgan fingerprint density at radius 2 is 1.82 bits per heavy atom. The number of rotatable bonds is 4. The van der Waals surface area contributed by atoms with E-state index in [1.807, 2.05) is 65.2 Å². The molecule has 1 fully saturated rings. The number of carbonyl (C=O) groups excluding carboxylic acids is 1. The molecule has 7 heteroatoms. The molecule has 0 unspecified atom stereocenters. The molecule has 28 heavy (non-hydrogen) atoms. The van der Waals surface area contributed by atoms with Gasteiger partial charge in [0.2, 0.25) is 0 Å². The molecule has 144 valence electrons. The zero-order chi connectivity index (χ0) is 19.5. The summed E-state index contributed by atoms with van der Waals surface area (Å²) in [5.74, 6) is 0.0540. The maximum atomic E-state index is 13.0.